The van der Waals surface area contributed by atoms with Gasteiger partial charge in [0.05, 0.1) is 0 Å². The molecular weight excluding hydrogens is 398 g/mol. The van der Waals surface area contributed by atoms with E-state index in [9.17, 15) is 9.59 Å². The number of hydrogen-bond acceptors (Lipinski definition) is 5. The van der Waals surface area contributed by atoms with Gasteiger partial charge >= 0.3 is 0 Å². The Bertz CT molecular complexity index is 899. The number of carbonyl (C=O) groups is 2. The highest BCUT2D eigenvalue weighted by molar-refractivity contribution is 5.95. The van der Waals surface area contributed by atoms with Crippen molar-refractivity contribution in [3.8, 4) is 0 Å². The molecule has 1 atom stereocenters. The zero-order valence-corrected chi connectivity index (χ0v) is 18.8. The van der Waals surface area contributed by atoms with E-state index in [0.717, 1.165) is 31.5 Å². The van der Waals surface area contributed by atoms with Crippen LogP contribution < -0.4 is 5.56 Å². The number of likely N-dealkylation sites (tertiary alicyclic amines) is 1. The predicted molar refractivity (Wildman–Crippen MR) is 118 cm³/mol. The maximum absolute atomic E-state index is 13.1. The van der Waals surface area contributed by atoms with Gasteiger partial charge in [0, 0.05) is 50.8 Å². The standard InChI is InChI=1S/C21H31N5O2.CH2O2/c1-16-6-13-26(17(2)14-23(3)4)21(28)19(16)20(27)24-11-7-18(8-12-24)15-25-10-5-9-22-25;2-1-3/h5-6,9-10,13,17-18H,7-8,11-12,14-15H2,1-4H3;1H,(H,2,3). The van der Waals surface area contributed by atoms with Crippen LogP contribution in [-0.2, 0) is 11.3 Å². The lowest BCUT2D eigenvalue weighted by atomic mass is 9.96. The molecule has 0 aromatic carbocycles. The van der Waals surface area contributed by atoms with E-state index in [1.165, 1.54) is 0 Å². The number of piperidine rings is 1. The summed E-state index contributed by atoms with van der Waals surface area (Å²) >= 11 is 0. The number of rotatable bonds is 6. The number of pyridine rings is 1. The molecule has 1 unspecified atom stereocenters. The largest absolute Gasteiger partial charge is 0.483 e. The first kappa shape index (κ1) is 24.3. The maximum atomic E-state index is 13.1. The molecule has 2 aromatic rings. The Hall–Kier alpha value is -2.94. The van der Waals surface area contributed by atoms with Crippen molar-refractivity contribution in [2.45, 2.75) is 39.3 Å². The van der Waals surface area contributed by atoms with Crippen molar-refractivity contribution in [2.24, 2.45) is 5.92 Å². The third-order valence-corrected chi connectivity index (χ3v) is 5.55. The number of aryl methyl sites for hydroxylation is 1. The summed E-state index contributed by atoms with van der Waals surface area (Å²) in [7, 11) is 3.96. The van der Waals surface area contributed by atoms with Crippen molar-refractivity contribution in [1.82, 2.24) is 24.1 Å². The first-order chi connectivity index (χ1) is 14.8. The normalized spacial score (nSPS) is 15.3. The lowest BCUT2D eigenvalue weighted by Gasteiger charge is -2.32. The van der Waals surface area contributed by atoms with Crippen LogP contribution in [0.5, 0.6) is 0 Å². The fourth-order valence-electron chi connectivity index (χ4n) is 4.01. The lowest BCUT2D eigenvalue weighted by molar-refractivity contribution is -0.122. The molecule has 0 radical (unpaired) electrons. The summed E-state index contributed by atoms with van der Waals surface area (Å²) in [5, 5.41) is 11.2. The summed E-state index contributed by atoms with van der Waals surface area (Å²) in [5.41, 5.74) is 0.888. The first-order valence-corrected chi connectivity index (χ1v) is 10.5. The number of carbonyl (C=O) groups excluding carboxylic acids is 1. The van der Waals surface area contributed by atoms with E-state index in [1.807, 2.05) is 60.8 Å². The van der Waals surface area contributed by atoms with Gasteiger partial charge in [0.25, 0.3) is 17.9 Å². The SMILES string of the molecule is Cc1ccn(C(C)CN(C)C)c(=O)c1C(=O)N1CCC(Cn2cccn2)CC1.O=CO. The number of aromatic nitrogens is 3. The number of nitrogens with zero attached hydrogens (tertiary/aromatic N) is 5. The van der Waals surface area contributed by atoms with Gasteiger partial charge in [0.15, 0.2) is 0 Å². The van der Waals surface area contributed by atoms with Crippen LogP contribution in [0.25, 0.3) is 0 Å². The van der Waals surface area contributed by atoms with E-state index < -0.39 is 0 Å². The second-order valence-electron chi connectivity index (χ2n) is 8.27. The molecule has 3 rings (SSSR count). The molecule has 9 heteroatoms. The van der Waals surface area contributed by atoms with E-state index >= 15 is 0 Å². The Labute approximate surface area is 182 Å². The molecule has 0 spiro atoms. The van der Waals surface area contributed by atoms with Crippen LogP contribution in [-0.4, -0.2) is 75.4 Å². The molecule has 1 fully saturated rings. The second kappa shape index (κ2) is 11.5. The minimum absolute atomic E-state index is 0.00876. The summed E-state index contributed by atoms with van der Waals surface area (Å²) in [6, 6.07) is 3.82. The minimum atomic E-state index is -0.250. The Morgan fingerprint density at radius 3 is 2.52 bits per heavy atom. The highest BCUT2D eigenvalue weighted by Gasteiger charge is 2.27. The molecule has 1 aliphatic heterocycles. The van der Waals surface area contributed by atoms with Gasteiger partial charge in [0.2, 0.25) is 0 Å². The van der Waals surface area contributed by atoms with Gasteiger partial charge < -0.3 is 19.5 Å². The van der Waals surface area contributed by atoms with Gasteiger partial charge in [-0.25, -0.2) is 0 Å². The van der Waals surface area contributed by atoms with Gasteiger partial charge in [-0.05, 0) is 64.4 Å². The number of hydrogen-bond donors (Lipinski definition) is 1. The summed E-state index contributed by atoms with van der Waals surface area (Å²) < 4.78 is 3.64. The van der Waals surface area contributed by atoms with Crippen molar-refractivity contribution in [3.05, 3.63) is 52.2 Å². The fraction of sp³-hybridized carbons (Fsp3) is 0.545. The second-order valence-corrected chi connectivity index (χ2v) is 8.27. The quantitative estimate of drug-likeness (QED) is 0.699. The van der Waals surface area contributed by atoms with E-state index in [2.05, 4.69) is 5.10 Å². The van der Waals surface area contributed by atoms with E-state index in [0.29, 0.717) is 24.6 Å². The number of amides is 1. The molecule has 3 heterocycles. The molecule has 1 N–H and O–H groups in total. The van der Waals surface area contributed by atoms with Crippen molar-refractivity contribution in [2.75, 3.05) is 33.7 Å². The van der Waals surface area contributed by atoms with Gasteiger partial charge in [0.1, 0.15) is 5.56 Å². The smallest absolute Gasteiger partial charge is 0.290 e. The Morgan fingerprint density at radius 1 is 1.32 bits per heavy atom. The van der Waals surface area contributed by atoms with Crippen molar-refractivity contribution >= 4 is 12.4 Å². The molecule has 2 aromatic heterocycles. The predicted octanol–water partition coefficient (Wildman–Crippen LogP) is 1.73. The summed E-state index contributed by atoms with van der Waals surface area (Å²) in [5.74, 6) is 0.379. The molecular formula is C22H33N5O4. The third-order valence-electron chi connectivity index (χ3n) is 5.55. The van der Waals surface area contributed by atoms with Gasteiger partial charge in [-0.2, -0.15) is 5.10 Å². The highest BCUT2D eigenvalue weighted by Crippen LogP contribution is 2.21. The Morgan fingerprint density at radius 2 is 1.97 bits per heavy atom. The molecule has 0 saturated carbocycles. The van der Waals surface area contributed by atoms with Crippen molar-refractivity contribution < 1.29 is 14.7 Å². The Kier molecular flexibility index (Phi) is 8.99. The Balaban J connectivity index is 0.00000107. The molecule has 1 amide bonds. The number of carboxylic acid groups (broad SMARTS) is 1. The van der Waals surface area contributed by atoms with Crippen LogP contribution in [0.2, 0.25) is 0 Å². The van der Waals surface area contributed by atoms with E-state index in [1.54, 1.807) is 17.0 Å². The highest BCUT2D eigenvalue weighted by atomic mass is 16.3. The molecule has 1 saturated heterocycles. The minimum Gasteiger partial charge on any atom is -0.483 e. The van der Waals surface area contributed by atoms with Gasteiger partial charge in [-0.1, -0.05) is 0 Å². The molecule has 9 nitrogen and oxygen atoms in total. The third kappa shape index (κ3) is 6.52. The van der Waals surface area contributed by atoms with Crippen LogP contribution in [0, 0.1) is 12.8 Å². The average Bonchev–Trinajstić information content (AvgIpc) is 3.21. The molecule has 170 valence electrons. The summed E-state index contributed by atoms with van der Waals surface area (Å²) in [6.45, 7) is 6.60. The summed E-state index contributed by atoms with van der Waals surface area (Å²) in [4.78, 5) is 38.4. The summed E-state index contributed by atoms with van der Waals surface area (Å²) in [6.07, 6.45) is 7.44. The molecule has 0 aliphatic carbocycles. The van der Waals surface area contributed by atoms with Crippen LogP contribution in [0.15, 0.2) is 35.5 Å². The van der Waals surface area contributed by atoms with Gasteiger partial charge in [-0.15, -0.1) is 0 Å². The first-order valence-electron chi connectivity index (χ1n) is 10.5. The van der Waals surface area contributed by atoms with Crippen molar-refractivity contribution in [3.63, 3.8) is 0 Å². The van der Waals surface area contributed by atoms with Crippen LogP contribution in [0.1, 0.15) is 41.7 Å². The topological polar surface area (TPSA) is 101 Å². The molecule has 0 bridgehead atoms. The van der Waals surface area contributed by atoms with Crippen LogP contribution in [0.3, 0.4) is 0 Å². The fourth-order valence-corrected chi connectivity index (χ4v) is 4.01. The molecule has 1 aliphatic rings. The lowest BCUT2D eigenvalue weighted by Crippen LogP contribution is -2.43. The number of likely N-dealkylation sites (N-methyl/N-ethyl adjacent to an activating group) is 1. The molecule has 31 heavy (non-hydrogen) atoms. The monoisotopic (exact) mass is 431 g/mol. The van der Waals surface area contributed by atoms with E-state index in [4.69, 9.17) is 9.90 Å². The van der Waals surface area contributed by atoms with Crippen molar-refractivity contribution in [1.29, 1.82) is 0 Å². The zero-order valence-electron chi connectivity index (χ0n) is 18.8. The maximum Gasteiger partial charge on any atom is 0.290 e. The van der Waals surface area contributed by atoms with Crippen LogP contribution >= 0.6 is 0 Å². The van der Waals surface area contributed by atoms with E-state index in [-0.39, 0.29) is 24.0 Å². The zero-order chi connectivity index (χ0) is 23.0. The average molecular weight is 432 g/mol. The van der Waals surface area contributed by atoms with Gasteiger partial charge in [-0.3, -0.25) is 19.1 Å². The van der Waals surface area contributed by atoms with Crippen LogP contribution in [0.4, 0.5) is 0 Å².